The number of halogens is 1. The summed E-state index contributed by atoms with van der Waals surface area (Å²) in [7, 11) is 0. The standard InChI is InChI=1S/C16H25ClN2O2/c1-11(17)15-12(2)18-19(13(15)3)14-4-7-21-16(10-14)5-8-20-9-6-16/h11,14H,4-10H2,1-3H3. The van der Waals surface area contributed by atoms with Gasteiger partial charge in [-0.3, -0.25) is 4.68 Å². The molecule has 2 fully saturated rings. The van der Waals surface area contributed by atoms with Crippen molar-refractivity contribution in [1.82, 2.24) is 9.78 Å². The van der Waals surface area contributed by atoms with Crippen molar-refractivity contribution in [3.05, 3.63) is 17.0 Å². The molecule has 3 rings (SSSR count). The maximum Gasteiger partial charge on any atom is 0.0746 e. The summed E-state index contributed by atoms with van der Waals surface area (Å²) in [6, 6.07) is 0.416. The Morgan fingerprint density at radius 1 is 1.29 bits per heavy atom. The fourth-order valence-electron chi connectivity index (χ4n) is 3.91. The van der Waals surface area contributed by atoms with E-state index in [1.807, 2.05) is 6.92 Å². The molecule has 0 saturated carbocycles. The quantitative estimate of drug-likeness (QED) is 0.781. The molecule has 1 aromatic rings. The summed E-state index contributed by atoms with van der Waals surface area (Å²) in [6.07, 6.45) is 4.07. The minimum atomic E-state index is 0.000204. The first-order valence-electron chi connectivity index (χ1n) is 7.94. The molecule has 0 aliphatic carbocycles. The van der Waals surface area contributed by atoms with Crippen LogP contribution in [0.4, 0.5) is 0 Å². The molecule has 1 spiro atoms. The lowest BCUT2D eigenvalue weighted by Gasteiger charge is -2.43. The molecule has 0 radical (unpaired) electrons. The first-order valence-corrected chi connectivity index (χ1v) is 8.37. The Labute approximate surface area is 131 Å². The first-order chi connectivity index (χ1) is 10.0. The van der Waals surface area contributed by atoms with E-state index in [9.17, 15) is 0 Å². The molecule has 5 heteroatoms. The van der Waals surface area contributed by atoms with E-state index in [0.29, 0.717) is 6.04 Å². The Hall–Kier alpha value is -0.580. The van der Waals surface area contributed by atoms with Crippen LogP contribution in [-0.2, 0) is 9.47 Å². The lowest BCUT2D eigenvalue weighted by Crippen LogP contribution is -2.45. The smallest absolute Gasteiger partial charge is 0.0746 e. The van der Waals surface area contributed by atoms with Crippen LogP contribution in [0.2, 0.25) is 0 Å². The number of rotatable bonds is 2. The molecule has 0 aromatic carbocycles. The van der Waals surface area contributed by atoms with Gasteiger partial charge in [0.2, 0.25) is 0 Å². The van der Waals surface area contributed by atoms with E-state index in [2.05, 4.69) is 18.5 Å². The van der Waals surface area contributed by atoms with E-state index < -0.39 is 0 Å². The summed E-state index contributed by atoms with van der Waals surface area (Å²) < 4.78 is 13.8. The molecule has 2 atom stereocenters. The van der Waals surface area contributed by atoms with E-state index in [-0.39, 0.29) is 11.0 Å². The second-order valence-corrected chi connectivity index (χ2v) is 7.09. The van der Waals surface area contributed by atoms with Gasteiger partial charge >= 0.3 is 0 Å². The topological polar surface area (TPSA) is 36.3 Å². The Bertz CT molecular complexity index is 501. The van der Waals surface area contributed by atoms with Crippen LogP contribution in [0.25, 0.3) is 0 Å². The largest absolute Gasteiger partial charge is 0.381 e. The van der Waals surface area contributed by atoms with Gasteiger partial charge in [0.1, 0.15) is 0 Å². The Morgan fingerprint density at radius 3 is 2.62 bits per heavy atom. The van der Waals surface area contributed by atoms with Crippen LogP contribution in [0.15, 0.2) is 0 Å². The van der Waals surface area contributed by atoms with Gasteiger partial charge in [0.15, 0.2) is 0 Å². The first kappa shape index (κ1) is 15.3. The molecule has 4 nitrogen and oxygen atoms in total. The van der Waals surface area contributed by atoms with Crippen LogP contribution in [0.3, 0.4) is 0 Å². The summed E-state index contributed by atoms with van der Waals surface area (Å²) in [5.41, 5.74) is 3.45. The Balaban J connectivity index is 1.85. The lowest BCUT2D eigenvalue weighted by molar-refractivity contribution is -0.145. The third-order valence-corrected chi connectivity index (χ3v) is 5.21. The van der Waals surface area contributed by atoms with Crippen LogP contribution < -0.4 is 0 Å². The zero-order chi connectivity index (χ0) is 15.0. The van der Waals surface area contributed by atoms with Gasteiger partial charge in [0.25, 0.3) is 0 Å². The van der Waals surface area contributed by atoms with E-state index in [1.54, 1.807) is 0 Å². The minimum absolute atomic E-state index is 0.000204. The van der Waals surface area contributed by atoms with Crippen molar-refractivity contribution in [3.63, 3.8) is 0 Å². The highest BCUT2D eigenvalue weighted by Crippen LogP contribution is 2.40. The summed E-state index contributed by atoms with van der Waals surface area (Å²) in [5.74, 6) is 0. The number of aryl methyl sites for hydroxylation is 1. The monoisotopic (exact) mass is 312 g/mol. The zero-order valence-corrected chi connectivity index (χ0v) is 13.9. The number of hydrogen-bond donors (Lipinski definition) is 0. The average molecular weight is 313 g/mol. The van der Waals surface area contributed by atoms with Crippen LogP contribution in [0.5, 0.6) is 0 Å². The van der Waals surface area contributed by atoms with E-state index in [4.69, 9.17) is 26.2 Å². The Kier molecular flexibility index (Phi) is 4.30. The third kappa shape index (κ3) is 2.86. The number of nitrogens with zero attached hydrogens (tertiary/aromatic N) is 2. The fourth-order valence-corrected chi connectivity index (χ4v) is 4.23. The van der Waals surface area contributed by atoms with Crippen molar-refractivity contribution in [1.29, 1.82) is 0 Å². The number of alkyl halides is 1. The van der Waals surface area contributed by atoms with Gasteiger partial charge in [0, 0.05) is 31.1 Å². The van der Waals surface area contributed by atoms with E-state index in [1.165, 1.54) is 11.3 Å². The highest BCUT2D eigenvalue weighted by Gasteiger charge is 2.40. The molecular weight excluding hydrogens is 288 g/mol. The molecular formula is C16H25ClN2O2. The minimum Gasteiger partial charge on any atom is -0.381 e. The lowest BCUT2D eigenvalue weighted by atomic mass is 9.84. The molecule has 0 N–H and O–H groups in total. The van der Waals surface area contributed by atoms with Gasteiger partial charge in [-0.25, -0.2) is 0 Å². The van der Waals surface area contributed by atoms with Gasteiger partial charge < -0.3 is 9.47 Å². The van der Waals surface area contributed by atoms with Crippen molar-refractivity contribution < 1.29 is 9.47 Å². The molecule has 2 aliphatic heterocycles. The summed E-state index contributed by atoms with van der Waals surface area (Å²) in [4.78, 5) is 0. The van der Waals surface area contributed by atoms with Crippen molar-refractivity contribution >= 4 is 11.6 Å². The molecule has 118 valence electrons. The number of hydrogen-bond acceptors (Lipinski definition) is 3. The van der Waals surface area contributed by atoms with Gasteiger partial charge in [-0.1, -0.05) is 0 Å². The molecule has 1 aromatic heterocycles. The van der Waals surface area contributed by atoms with Crippen LogP contribution in [0.1, 0.15) is 61.0 Å². The number of ether oxygens (including phenoxy) is 2. The highest BCUT2D eigenvalue weighted by molar-refractivity contribution is 6.20. The van der Waals surface area contributed by atoms with Crippen molar-refractivity contribution in [2.75, 3.05) is 19.8 Å². The van der Waals surface area contributed by atoms with Crippen LogP contribution in [0, 0.1) is 13.8 Å². The van der Waals surface area contributed by atoms with Crippen molar-refractivity contribution in [3.8, 4) is 0 Å². The molecule has 0 amide bonds. The maximum absolute atomic E-state index is 6.31. The van der Waals surface area contributed by atoms with Crippen LogP contribution >= 0.6 is 11.6 Å². The number of aromatic nitrogens is 2. The van der Waals surface area contributed by atoms with E-state index >= 15 is 0 Å². The van der Waals surface area contributed by atoms with Gasteiger partial charge in [0.05, 0.1) is 22.7 Å². The fraction of sp³-hybridized carbons (Fsp3) is 0.812. The second kappa shape index (κ2) is 5.90. The zero-order valence-electron chi connectivity index (χ0n) is 13.2. The molecule has 2 unspecified atom stereocenters. The summed E-state index contributed by atoms with van der Waals surface area (Å²) in [5, 5.41) is 4.79. The van der Waals surface area contributed by atoms with Crippen molar-refractivity contribution in [2.45, 2.75) is 63.5 Å². The second-order valence-electron chi connectivity index (χ2n) is 6.44. The van der Waals surface area contributed by atoms with E-state index in [0.717, 1.165) is 51.2 Å². The van der Waals surface area contributed by atoms with Gasteiger partial charge in [-0.2, -0.15) is 5.10 Å². The Morgan fingerprint density at radius 2 is 2.00 bits per heavy atom. The SMILES string of the molecule is Cc1nn(C2CCOC3(CCOCC3)C2)c(C)c1C(C)Cl. The molecule has 2 saturated heterocycles. The predicted octanol–water partition coefficient (Wildman–Crippen LogP) is 3.70. The molecule has 3 heterocycles. The van der Waals surface area contributed by atoms with Crippen molar-refractivity contribution in [2.24, 2.45) is 0 Å². The average Bonchev–Trinajstić information content (AvgIpc) is 2.75. The van der Waals surface area contributed by atoms with Gasteiger partial charge in [-0.05, 0) is 46.5 Å². The maximum atomic E-state index is 6.31. The van der Waals surface area contributed by atoms with Crippen LogP contribution in [-0.4, -0.2) is 35.2 Å². The predicted molar refractivity (Wildman–Crippen MR) is 83.0 cm³/mol. The molecule has 2 aliphatic rings. The third-order valence-electron chi connectivity index (χ3n) is 5.00. The summed E-state index contributed by atoms with van der Waals surface area (Å²) >= 11 is 6.31. The van der Waals surface area contributed by atoms with Gasteiger partial charge in [-0.15, -0.1) is 11.6 Å². The molecule has 21 heavy (non-hydrogen) atoms. The molecule has 0 bridgehead atoms. The normalized spacial score (nSPS) is 27.0. The highest BCUT2D eigenvalue weighted by atomic mass is 35.5. The summed E-state index contributed by atoms with van der Waals surface area (Å²) in [6.45, 7) is 8.66.